The van der Waals surface area contributed by atoms with E-state index in [9.17, 15) is 0 Å². The summed E-state index contributed by atoms with van der Waals surface area (Å²) in [7, 11) is 0. The van der Waals surface area contributed by atoms with E-state index in [0.717, 1.165) is 50.2 Å². The van der Waals surface area contributed by atoms with Gasteiger partial charge in [0.2, 0.25) is 5.89 Å². The second kappa shape index (κ2) is 10.6. The second-order valence-electron chi connectivity index (χ2n) is 8.27. The van der Waals surface area contributed by atoms with Gasteiger partial charge in [0.05, 0.1) is 0 Å². The predicted octanol–water partition coefficient (Wildman–Crippen LogP) is 4.37. The first kappa shape index (κ1) is 22.4. The molecule has 0 amide bonds. The molecule has 1 aromatic heterocycles. The molecule has 0 radical (unpaired) electrons. The molecule has 7 heteroatoms. The van der Waals surface area contributed by atoms with Crippen LogP contribution < -0.4 is 5.32 Å². The van der Waals surface area contributed by atoms with Crippen LogP contribution in [-0.2, 0) is 6.42 Å². The molecule has 2 heterocycles. The van der Waals surface area contributed by atoms with Gasteiger partial charge in [-0.25, -0.2) is 0 Å². The third-order valence-electron chi connectivity index (χ3n) is 5.80. The number of hydrogen-bond acceptors (Lipinski definition) is 4. The molecule has 1 saturated heterocycles. The van der Waals surface area contributed by atoms with E-state index in [-0.39, 0.29) is 24.0 Å². The van der Waals surface area contributed by atoms with Crippen LogP contribution >= 0.6 is 24.0 Å². The van der Waals surface area contributed by atoms with Crippen molar-refractivity contribution in [3.05, 3.63) is 11.7 Å². The number of hydrogen-bond donors (Lipinski definition) is 1. The Kier molecular flexibility index (Phi) is 8.82. The maximum absolute atomic E-state index is 5.32. The van der Waals surface area contributed by atoms with Gasteiger partial charge >= 0.3 is 0 Å². The molecular weight excluding hydrogens is 453 g/mol. The van der Waals surface area contributed by atoms with E-state index in [4.69, 9.17) is 9.52 Å². The van der Waals surface area contributed by atoms with E-state index >= 15 is 0 Å². The summed E-state index contributed by atoms with van der Waals surface area (Å²) in [6, 6.07) is 0. The van der Waals surface area contributed by atoms with E-state index in [1.165, 1.54) is 45.1 Å². The molecule has 3 rings (SSSR count). The zero-order valence-corrected chi connectivity index (χ0v) is 19.5. The predicted molar refractivity (Wildman–Crippen MR) is 120 cm³/mol. The molecule has 0 bridgehead atoms. The summed E-state index contributed by atoms with van der Waals surface area (Å²) < 4.78 is 5.32. The Hall–Kier alpha value is -0.860. The molecule has 0 atom stereocenters. The zero-order chi connectivity index (χ0) is 18.4. The molecule has 2 aliphatic rings. The van der Waals surface area contributed by atoms with Crippen molar-refractivity contribution in [2.24, 2.45) is 10.4 Å². The maximum atomic E-state index is 5.32. The maximum Gasteiger partial charge on any atom is 0.226 e. The summed E-state index contributed by atoms with van der Waals surface area (Å²) in [4.78, 5) is 11.8. The average molecular weight is 489 g/mol. The SMILES string of the molecule is CCNC(=NCCCc1nc(C(C)C)no1)N1CCC2(CCCCC2)C1.I. The van der Waals surface area contributed by atoms with Crippen LogP contribution in [0.3, 0.4) is 0 Å². The van der Waals surface area contributed by atoms with Gasteiger partial charge in [-0.1, -0.05) is 38.3 Å². The number of guanidine groups is 1. The molecular formula is C20H36IN5O. The molecule has 154 valence electrons. The highest BCUT2D eigenvalue weighted by Gasteiger charge is 2.39. The summed E-state index contributed by atoms with van der Waals surface area (Å²) in [6.07, 6.45) is 10.1. The molecule has 0 unspecified atom stereocenters. The number of aliphatic imine (C=N–C) groups is 1. The van der Waals surface area contributed by atoms with E-state index < -0.39 is 0 Å². The number of aromatic nitrogens is 2. The fourth-order valence-corrected chi connectivity index (χ4v) is 4.27. The van der Waals surface area contributed by atoms with E-state index in [2.05, 4.69) is 41.1 Å². The van der Waals surface area contributed by atoms with Crippen LogP contribution in [0.15, 0.2) is 9.52 Å². The Balaban J connectivity index is 0.00000261. The quantitative estimate of drug-likeness (QED) is 0.278. The number of likely N-dealkylation sites (tertiary alicyclic amines) is 1. The van der Waals surface area contributed by atoms with Gasteiger partial charge in [0.1, 0.15) is 0 Å². The Bertz CT molecular complexity index is 595. The summed E-state index contributed by atoms with van der Waals surface area (Å²) in [5.41, 5.74) is 0.561. The van der Waals surface area contributed by atoms with Crippen LogP contribution in [0.5, 0.6) is 0 Å². The van der Waals surface area contributed by atoms with Crippen molar-refractivity contribution in [2.45, 2.75) is 78.1 Å². The summed E-state index contributed by atoms with van der Waals surface area (Å²) in [5.74, 6) is 2.93. The van der Waals surface area contributed by atoms with E-state index in [0.29, 0.717) is 11.3 Å². The Morgan fingerprint density at radius 3 is 2.70 bits per heavy atom. The van der Waals surface area contributed by atoms with E-state index in [1.807, 2.05) is 0 Å². The molecule has 1 aliphatic carbocycles. The van der Waals surface area contributed by atoms with Crippen LogP contribution in [0.25, 0.3) is 0 Å². The largest absolute Gasteiger partial charge is 0.357 e. The molecule has 27 heavy (non-hydrogen) atoms. The van der Waals surface area contributed by atoms with Crippen LogP contribution in [0.2, 0.25) is 0 Å². The van der Waals surface area contributed by atoms with E-state index in [1.54, 1.807) is 0 Å². The summed E-state index contributed by atoms with van der Waals surface area (Å²) in [5, 5.41) is 7.52. The lowest BCUT2D eigenvalue weighted by atomic mass is 9.73. The lowest BCUT2D eigenvalue weighted by molar-refractivity contribution is 0.203. The minimum absolute atomic E-state index is 0. The monoisotopic (exact) mass is 489 g/mol. The molecule has 1 spiro atoms. The molecule has 1 aromatic rings. The van der Waals surface area contributed by atoms with Gasteiger partial charge < -0.3 is 14.7 Å². The van der Waals surface area contributed by atoms with Crippen LogP contribution in [0.1, 0.15) is 83.3 Å². The van der Waals surface area contributed by atoms with Gasteiger partial charge in [0.15, 0.2) is 11.8 Å². The van der Waals surface area contributed by atoms with Crippen molar-refractivity contribution in [3.8, 4) is 0 Å². The number of nitrogens with zero attached hydrogens (tertiary/aromatic N) is 4. The molecule has 2 fully saturated rings. The second-order valence-corrected chi connectivity index (χ2v) is 8.27. The fourth-order valence-electron chi connectivity index (χ4n) is 4.27. The summed E-state index contributed by atoms with van der Waals surface area (Å²) >= 11 is 0. The molecule has 1 saturated carbocycles. The fraction of sp³-hybridized carbons (Fsp3) is 0.850. The van der Waals surface area contributed by atoms with Gasteiger partial charge in [-0.3, -0.25) is 4.99 Å². The standard InChI is InChI=1S/C20H35N5O.HI/c1-4-21-19(25-14-12-20(15-25)10-6-5-7-11-20)22-13-8-9-17-23-18(16(2)3)24-26-17;/h16H,4-15H2,1-3H3,(H,21,22);1H. The van der Waals surface area contributed by atoms with Gasteiger partial charge in [-0.2, -0.15) is 4.98 Å². The molecule has 1 aliphatic heterocycles. The Labute approximate surface area is 181 Å². The highest BCUT2D eigenvalue weighted by atomic mass is 127. The first-order chi connectivity index (χ1) is 12.6. The third-order valence-corrected chi connectivity index (χ3v) is 5.80. The van der Waals surface area contributed by atoms with Crippen molar-refractivity contribution in [3.63, 3.8) is 0 Å². The van der Waals surface area contributed by atoms with Crippen molar-refractivity contribution in [2.75, 3.05) is 26.2 Å². The van der Waals surface area contributed by atoms with Crippen LogP contribution in [-0.4, -0.2) is 47.2 Å². The number of nitrogens with one attached hydrogen (secondary N) is 1. The first-order valence-electron chi connectivity index (χ1n) is 10.5. The van der Waals surface area contributed by atoms with Crippen LogP contribution in [0.4, 0.5) is 0 Å². The van der Waals surface area contributed by atoms with Crippen molar-refractivity contribution < 1.29 is 4.52 Å². The average Bonchev–Trinajstić information content (AvgIpc) is 3.26. The number of rotatable bonds is 6. The third kappa shape index (κ3) is 6.06. The lowest BCUT2D eigenvalue weighted by Crippen LogP contribution is -2.41. The van der Waals surface area contributed by atoms with Crippen molar-refractivity contribution in [1.29, 1.82) is 0 Å². The Morgan fingerprint density at radius 2 is 2.04 bits per heavy atom. The zero-order valence-electron chi connectivity index (χ0n) is 17.2. The normalized spacial score (nSPS) is 19.6. The van der Waals surface area contributed by atoms with Gasteiger partial charge in [0, 0.05) is 38.5 Å². The van der Waals surface area contributed by atoms with Gasteiger partial charge in [-0.05, 0) is 38.0 Å². The highest BCUT2D eigenvalue weighted by Crippen LogP contribution is 2.43. The smallest absolute Gasteiger partial charge is 0.226 e. The van der Waals surface area contributed by atoms with Gasteiger partial charge in [-0.15, -0.1) is 24.0 Å². The Morgan fingerprint density at radius 1 is 1.26 bits per heavy atom. The van der Waals surface area contributed by atoms with Gasteiger partial charge in [0.25, 0.3) is 0 Å². The minimum Gasteiger partial charge on any atom is -0.357 e. The van der Waals surface area contributed by atoms with Crippen LogP contribution in [0, 0.1) is 5.41 Å². The number of aryl methyl sites for hydroxylation is 1. The lowest BCUT2D eigenvalue weighted by Gasteiger charge is -2.33. The topological polar surface area (TPSA) is 66.5 Å². The molecule has 0 aromatic carbocycles. The minimum atomic E-state index is 0. The molecule has 6 nitrogen and oxygen atoms in total. The van der Waals surface area contributed by atoms with Crippen molar-refractivity contribution in [1.82, 2.24) is 20.4 Å². The highest BCUT2D eigenvalue weighted by molar-refractivity contribution is 14.0. The summed E-state index contributed by atoms with van der Waals surface area (Å²) in [6.45, 7) is 10.4. The van der Waals surface area contributed by atoms with Crippen molar-refractivity contribution >= 4 is 29.9 Å². The number of halogens is 1. The molecule has 1 N–H and O–H groups in total. The first-order valence-corrected chi connectivity index (χ1v) is 10.5.